The predicted octanol–water partition coefficient (Wildman–Crippen LogP) is 2.19. The molecular weight excluding hydrogens is 250 g/mol. The number of nitrogens with one attached hydrogen (secondary N) is 2. The van der Waals surface area contributed by atoms with E-state index in [0.717, 1.165) is 30.5 Å². The van der Waals surface area contributed by atoms with Crippen molar-refractivity contribution >= 4 is 10.9 Å². The van der Waals surface area contributed by atoms with Crippen LogP contribution in [0.15, 0.2) is 43.1 Å². The molecule has 3 aromatic rings. The molecule has 20 heavy (non-hydrogen) atoms. The number of aromatic amines is 1. The van der Waals surface area contributed by atoms with Gasteiger partial charge in [0.2, 0.25) is 0 Å². The number of imidazole rings is 1. The van der Waals surface area contributed by atoms with Gasteiger partial charge in [-0.1, -0.05) is 19.1 Å². The van der Waals surface area contributed by atoms with E-state index in [2.05, 4.69) is 50.2 Å². The zero-order valence-electron chi connectivity index (χ0n) is 11.6. The van der Waals surface area contributed by atoms with Crippen molar-refractivity contribution in [3.05, 3.63) is 48.7 Å². The van der Waals surface area contributed by atoms with Crippen molar-refractivity contribution in [2.75, 3.05) is 6.54 Å². The first-order valence-electron chi connectivity index (χ1n) is 6.90. The third-order valence-electron chi connectivity index (χ3n) is 3.41. The van der Waals surface area contributed by atoms with Crippen molar-refractivity contribution < 1.29 is 0 Å². The van der Waals surface area contributed by atoms with E-state index in [1.54, 1.807) is 0 Å². The summed E-state index contributed by atoms with van der Waals surface area (Å²) in [5, 5.41) is 11.7. The van der Waals surface area contributed by atoms with E-state index in [0.29, 0.717) is 5.92 Å². The van der Waals surface area contributed by atoms with Gasteiger partial charge in [0, 0.05) is 30.9 Å². The Labute approximate surface area is 118 Å². The third-order valence-corrected chi connectivity index (χ3v) is 3.41. The monoisotopic (exact) mass is 269 g/mol. The van der Waals surface area contributed by atoms with Gasteiger partial charge in [-0.3, -0.25) is 5.10 Å². The number of hydrogen-bond acceptors (Lipinski definition) is 3. The van der Waals surface area contributed by atoms with Gasteiger partial charge in [0.15, 0.2) is 0 Å². The minimum Gasteiger partial charge on any atom is -0.337 e. The zero-order chi connectivity index (χ0) is 13.8. The van der Waals surface area contributed by atoms with Gasteiger partial charge in [0.1, 0.15) is 0 Å². The molecule has 5 nitrogen and oxygen atoms in total. The normalized spacial score (nSPS) is 12.8. The summed E-state index contributed by atoms with van der Waals surface area (Å²) >= 11 is 0. The molecule has 0 fully saturated rings. The molecule has 0 bridgehead atoms. The lowest BCUT2D eigenvalue weighted by molar-refractivity contribution is 0.445. The van der Waals surface area contributed by atoms with Gasteiger partial charge in [-0.25, -0.2) is 4.98 Å². The second-order valence-electron chi connectivity index (χ2n) is 5.29. The van der Waals surface area contributed by atoms with E-state index in [1.807, 2.05) is 24.9 Å². The highest BCUT2D eigenvalue weighted by molar-refractivity contribution is 5.78. The first-order chi connectivity index (χ1) is 9.81. The van der Waals surface area contributed by atoms with Crippen molar-refractivity contribution in [3.63, 3.8) is 0 Å². The van der Waals surface area contributed by atoms with Gasteiger partial charge in [-0.05, 0) is 24.1 Å². The van der Waals surface area contributed by atoms with Crippen LogP contribution in [0.25, 0.3) is 10.9 Å². The van der Waals surface area contributed by atoms with Crippen molar-refractivity contribution in [2.24, 2.45) is 5.92 Å². The topological polar surface area (TPSA) is 58.5 Å². The predicted molar refractivity (Wildman–Crippen MR) is 79.2 cm³/mol. The van der Waals surface area contributed by atoms with Gasteiger partial charge < -0.3 is 9.88 Å². The SMILES string of the molecule is CC(CNCc1ccc2cn[nH]c2c1)Cn1ccnc1. The molecule has 3 rings (SSSR count). The summed E-state index contributed by atoms with van der Waals surface area (Å²) in [7, 11) is 0. The van der Waals surface area contributed by atoms with Crippen molar-refractivity contribution in [3.8, 4) is 0 Å². The summed E-state index contributed by atoms with van der Waals surface area (Å²) in [4.78, 5) is 4.06. The van der Waals surface area contributed by atoms with Gasteiger partial charge in [0.05, 0.1) is 18.0 Å². The lowest BCUT2D eigenvalue weighted by Crippen LogP contribution is -2.23. The van der Waals surface area contributed by atoms with Gasteiger partial charge in [-0.2, -0.15) is 5.10 Å². The fraction of sp³-hybridized carbons (Fsp3) is 0.333. The fourth-order valence-electron chi connectivity index (χ4n) is 2.38. The van der Waals surface area contributed by atoms with Crippen molar-refractivity contribution in [1.29, 1.82) is 0 Å². The maximum absolute atomic E-state index is 4.06. The Morgan fingerprint density at radius 2 is 2.35 bits per heavy atom. The van der Waals surface area contributed by atoms with Crippen LogP contribution in [0.2, 0.25) is 0 Å². The van der Waals surface area contributed by atoms with Crippen LogP contribution in [0, 0.1) is 5.92 Å². The van der Waals surface area contributed by atoms with Crippen LogP contribution >= 0.6 is 0 Å². The number of hydrogen-bond donors (Lipinski definition) is 2. The maximum Gasteiger partial charge on any atom is 0.0946 e. The Kier molecular flexibility index (Phi) is 3.78. The molecule has 0 saturated carbocycles. The number of aromatic nitrogens is 4. The Morgan fingerprint density at radius 3 is 3.20 bits per heavy atom. The van der Waals surface area contributed by atoms with E-state index in [1.165, 1.54) is 5.56 Å². The molecule has 1 unspecified atom stereocenters. The third kappa shape index (κ3) is 3.05. The van der Waals surface area contributed by atoms with Crippen LogP contribution in [0.4, 0.5) is 0 Å². The summed E-state index contributed by atoms with van der Waals surface area (Å²) in [6, 6.07) is 6.39. The summed E-state index contributed by atoms with van der Waals surface area (Å²) < 4.78 is 2.11. The average molecular weight is 269 g/mol. The molecular formula is C15H19N5. The molecule has 104 valence electrons. The van der Waals surface area contributed by atoms with Crippen LogP contribution in [-0.4, -0.2) is 26.3 Å². The number of H-pyrrole nitrogens is 1. The minimum absolute atomic E-state index is 0.570. The Morgan fingerprint density at radius 1 is 1.40 bits per heavy atom. The molecule has 1 aromatic carbocycles. The zero-order valence-corrected chi connectivity index (χ0v) is 11.6. The minimum atomic E-state index is 0.570. The number of fused-ring (bicyclic) bond motifs is 1. The van der Waals surface area contributed by atoms with E-state index < -0.39 is 0 Å². The van der Waals surface area contributed by atoms with Crippen LogP contribution in [0.3, 0.4) is 0 Å². The summed E-state index contributed by atoms with van der Waals surface area (Å²) in [6.07, 6.45) is 7.53. The summed E-state index contributed by atoms with van der Waals surface area (Å²) in [5.74, 6) is 0.570. The highest BCUT2D eigenvalue weighted by Gasteiger charge is 2.03. The maximum atomic E-state index is 4.06. The van der Waals surface area contributed by atoms with E-state index in [4.69, 9.17) is 0 Å². The second kappa shape index (κ2) is 5.88. The lowest BCUT2D eigenvalue weighted by atomic mass is 10.1. The number of benzene rings is 1. The van der Waals surface area contributed by atoms with Crippen molar-refractivity contribution in [2.45, 2.75) is 20.0 Å². The van der Waals surface area contributed by atoms with Crippen LogP contribution in [0.5, 0.6) is 0 Å². The molecule has 0 radical (unpaired) electrons. The van der Waals surface area contributed by atoms with E-state index in [-0.39, 0.29) is 0 Å². The summed E-state index contributed by atoms with van der Waals surface area (Å²) in [6.45, 7) is 5.10. The van der Waals surface area contributed by atoms with Gasteiger partial charge >= 0.3 is 0 Å². The molecule has 1 atom stereocenters. The average Bonchev–Trinajstić information content (AvgIpc) is 3.09. The molecule has 0 aliphatic heterocycles. The molecule has 0 aliphatic carbocycles. The van der Waals surface area contributed by atoms with Crippen LogP contribution < -0.4 is 5.32 Å². The van der Waals surface area contributed by atoms with Crippen LogP contribution in [-0.2, 0) is 13.1 Å². The number of rotatable bonds is 6. The number of nitrogens with zero attached hydrogens (tertiary/aromatic N) is 3. The Balaban J connectivity index is 1.49. The molecule has 0 saturated heterocycles. The molecule has 0 aliphatic rings. The van der Waals surface area contributed by atoms with Crippen LogP contribution in [0.1, 0.15) is 12.5 Å². The highest BCUT2D eigenvalue weighted by atomic mass is 15.1. The molecule has 5 heteroatoms. The molecule has 0 spiro atoms. The lowest BCUT2D eigenvalue weighted by Gasteiger charge is -2.13. The van der Waals surface area contributed by atoms with Gasteiger partial charge in [0.25, 0.3) is 0 Å². The van der Waals surface area contributed by atoms with Crippen molar-refractivity contribution in [1.82, 2.24) is 25.1 Å². The first-order valence-corrected chi connectivity index (χ1v) is 6.90. The van der Waals surface area contributed by atoms with Gasteiger partial charge in [-0.15, -0.1) is 0 Å². The molecule has 2 N–H and O–H groups in total. The highest BCUT2D eigenvalue weighted by Crippen LogP contribution is 2.12. The van der Waals surface area contributed by atoms with E-state index >= 15 is 0 Å². The fourth-order valence-corrected chi connectivity index (χ4v) is 2.38. The summed E-state index contributed by atoms with van der Waals surface area (Å²) in [5.41, 5.74) is 2.37. The largest absolute Gasteiger partial charge is 0.337 e. The second-order valence-corrected chi connectivity index (χ2v) is 5.29. The molecule has 2 aromatic heterocycles. The molecule has 0 amide bonds. The standard InChI is InChI=1S/C15H19N5/c1-12(10-20-5-4-16-11-20)7-17-8-13-2-3-14-9-18-19-15(14)6-13/h2-6,9,11-12,17H,7-8,10H2,1H3,(H,18,19). The Bertz CT molecular complexity index is 656. The first kappa shape index (κ1) is 12.9. The quantitative estimate of drug-likeness (QED) is 0.721. The van der Waals surface area contributed by atoms with E-state index in [9.17, 15) is 0 Å². The molecule has 2 heterocycles. The Hall–Kier alpha value is -2.14. The smallest absolute Gasteiger partial charge is 0.0946 e.